The van der Waals surface area contributed by atoms with Gasteiger partial charge in [-0.25, -0.2) is 0 Å². The third-order valence-corrected chi connectivity index (χ3v) is 11.1. The summed E-state index contributed by atoms with van der Waals surface area (Å²) >= 11 is 0. The van der Waals surface area contributed by atoms with Crippen LogP contribution in [0.3, 0.4) is 0 Å². The second kappa shape index (κ2) is 9.49. The lowest BCUT2D eigenvalue weighted by Crippen LogP contribution is -2.15. The molecule has 8 aromatic carbocycles. The molecule has 11 rings (SSSR count). The van der Waals surface area contributed by atoms with Crippen LogP contribution in [0, 0.1) is 0 Å². The molecule has 230 valence electrons. The van der Waals surface area contributed by atoms with E-state index in [4.69, 9.17) is 8.83 Å². The van der Waals surface area contributed by atoms with Gasteiger partial charge in [0, 0.05) is 27.0 Å². The van der Waals surface area contributed by atoms with Gasteiger partial charge in [0.1, 0.15) is 22.3 Å². The highest BCUT2D eigenvalue weighted by molar-refractivity contribution is 6.16. The zero-order valence-corrected chi connectivity index (χ0v) is 27.2. The Morgan fingerprint density at radius 2 is 1.04 bits per heavy atom. The minimum absolute atomic E-state index is 0.152. The van der Waals surface area contributed by atoms with Crippen LogP contribution in [0.1, 0.15) is 25.0 Å². The fraction of sp³-hybridized carbons (Fsp3) is 0.0638. The molecule has 10 aromatic rings. The summed E-state index contributed by atoms with van der Waals surface area (Å²) in [5.41, 5.74) is 13.7. The maximum absolute atomic E-state index is 6.44. The zero-order chi connectivity index (χ0) is 32.4. The lowest BCUT2D eigenvalue weighted by molar-refractivity contribution is 0.661. The molecule has 0 fully saturated rings. The molecule has 2 heterocycles. The maximum atomic E-state index is 6.44. The second-order valence-electron chi connectivity index (χ2n) is 14.1. The van der Waals surface area contributed by atoms with E-state index < -0.39 is 0 Å². The lowest BCUT2D eigenvalue weighted by Gasteiger charge is -2.22. The van der Waals surface area contributed by atoms with Crippen LogP contribution in [0.4, 0.5) is 0 Å². The largest absolute Gasteiger partial charge is 0.456 e. The van der Waals surface area contributed by atoms with Crippen LogP contribution in [0.15, 0.2) is 154 Å². The van der Waals surface area contributed by atoms with E-state index in [-0.39, 0.29) is 5.41 Å². The van der Waals surface area contributed by atoms with Gasteiger partial charge in [0.15, 0.2) is 0 Å². The Labute approximate surface area is 282 Å². The molecule has 0 spiro atoms. The van der Waals surface area contributed by atoms with Crippen molar-refractivity contribution < 1.29 is 8.83 Å². The van der Waals surface area contributed by atoms with Crippen molar-refractivity contribution in [2.24, 2.45) is 0 Å². The lowest BCUT2D eigenvalue weighted by atomic mass is 9.81. The van der Waals surface area contributed by atoms with Crippen LogP contribution in [0.25, 0.3) is 98.8 Å². The Morgan fingerprint density at radius 3 is 1.96 bits per heavy atom. The van der Waals surface area contributed by atoms with Gasteiger partial charge >= 0.3 is 0 Å². The zero-order valence-electron chi connectivity index (χ0n) is 27.2. The van der Waals surface area contributed by atoms with Gasteiger partial charge < -0.3 is 8.83 Å². The van der Waals surface area contributed by atoms with Gasteiger partial charge in [0.05, 0.1) is 0 Å². The molecule has 49 heavy (non-hydrogen) atoms. The van der Waals surface area contributed by atoms with Crippen LogP contribution in [-0.2, 0) is 5.41 Å². The SMILES string of the molecule is CC1(C)c2cc(-c3cccc4oc5cc6ccccc6cc5c34)ccc2-c2c1ccc1c(-c3ccc4c(c3)oc3ccccc34)cccc21. The standard InChI is InChI=1S/C47H30O2/c1-47(2)39-22-21-33-31(30-17-19-35-34-11-5-6-15-41(34)48-43(35)26-30)12-7-14-36(33)45(39)37-20-18-29(24-40(37)47)32-13-8-16-42-46(32)38-23-27-9-3-4-10-28(27)25-44(38)49-42/h3-26H,1-2H3. The van der Waals surface area contributed by atoms with Gasteiger partial charge in [0.25, 0.3) is 0 Å². The van der Waals surface area contributed by atoms with Crippen molar-refractivity contribution in [2.45, 2.75) is 19.3 Å². The van der Waals surface area contributed by atoms with Crippen molar-refractivity contribution in [1.82, 2.24) is 0 Å². The Bertz CT molecular complexity index is 3020. The third kappa shape index (κ3) is 3.66. The summed E-state index contributed by atoms with van der Waals surface area (Å²) in [4.78, 5) is 0. The summed E-state index contributed by atoms with van der Waals surface area (Å²) in [6.45, 7) is 4.74. The molecule has 0 bridgehead atoms. The number of hydrogen-bond donors (Lipinski definition) is 0. The van der Waals surface area contributed by atoms with Gasteiger partial charge in [-0.1, -0.05) is 117 Å². The summed E-state index contributed by atoms with van der Waals surface area (Å²) in [5, 5.41) is 9.60. The highest BCUT2D eigenvalue weighted by Crippen LogP contribution is 2.53. The molecule has 1 aliphatic rings. The summed E-state index contributed by atoms with van der Waals surface area (Å²) in [7, 11) is 0. The molecule has 0 N–H and O–H groups in total. The maximum Gasteiger partial charge on any atom is 0.136 e. The molecule has 0 saturated heterocycles. The predicted octanol–water partition coefficient (Wildman–Crippen LogP) is 13.4. The van der Waals surface area contributed by atoms with E-state index >= 15 is 0 Å². The van der Waals surface area contributed by atoms with Gasteiger partial charge in [-0.15, -0.1) is 0 Å². The van der Waals surface area contributed by atoms with Crippen LogP contribution in [-0.4, -0.2) is 0 Å². The molecule has 0 atom stereocenters. The third-order valence-electron chi connectivity index (χ3n) is 11.1. The van der Waals surface area contributed by atoms with E-state index in [0.717, 1.165) is 44.1 Å². The molecule has 0 amide bonds. The van der Waals surface area contributed by atoms with Gasteiger partial charge in [-0.05, 0) is 109 Å². The van der Waals surface area contributed by atoms with E-state index in [9.17, 15) is 0 Å². The summed E-state index contributed by atoms with van der Waals surface area (Å²) in [5.74, 6) is 0. The molecule has 2 heteroatoms. The monoisotopic (exact) mass is 626 g/mol. The first kappa shape index (κ1) is 26.9. The van der Waals surface area contributed by atoms with E-state index in [2.05, 4.69) is 147 Å². The first-order valence-electron chi connectivity index (χ1n) is 17.0. The molecule has 1 aliphatic carbocycles. The van der Waals surface area contributed by atoms with E-state index in [1.54, 1.807) is 0 Å². The quantitative estimate of drug-likeness (QED) is 0.191. The highest BCUT2D eigenvalue weighted by atomic mass is 16.3. The molecule has 0 saturated carbocycles. The van der Waals surface area contributed by atoms with Crippen LogP contribution >= 0.6 is 0 Å². The minimum atomic E-state index is -0.152. The Hall–Kier alpha value is -6.12. The topological polar surface area (TPSA) is 26.3 Å². The Balaban J connectivity index is 1.09. The van der Waals surface area contributed by atoms with E-state index in [1.807, 2.05) is 12.1 Å². The number of hydrogen-bond acceptors (Lipinski definition) is 2. The van der Waals surface area contributed by atoms with Crippen molar-refractivity contribution in [3.8, 4) is 33.4 Å². The molecular weight excluding hydrogens is 597 g/mol. The molecule has 2 aromatic heterocycles. The highest BCUT2D eigenvalue weighted by Gasteiger charge is 2.37. The van der Waals surface area contributed by atoms with Crippen LogP contribution in [0.5, 0.6) is 0 Å². The van der Waals surface area contributed by atoms with E-state index in [0.29, 0.717) is 0 Å². The second-order valence-corrected chi connectivity index (χ2v) is 14.1. The Kier molecular flexibility index (Phi) is 5.21. The van der Waals surface area contributed by atoms with Crippen LogP contribution in [0.2, 0.25) is 0 Å². The summed E-state index contributed by atoms with van der Waals surface area (Å²) in [6, 6.07) is 52.8. The molecule has 0 unspecified atom stereocenters. The first-order chi connectivity index (χ1) is 24.0. The van der Waals surface area contributed by atoms with Crippen molar-refractivity contribution >= 4 is 65.4 Å². The summed E-state index contributed by atoms with van der Waals surface area (Å²) < 4.78 is 12.7. The van der Waals surface area contributed by atoms with E-state index in [1.165, 1.54) is 65.9 Å². The molecule has 0 radical (unpaired) electrons. The van der Waals surface area contributed by atoms with Crippen LogP contribution < -0.4 is 0 Å². The van der Waals surface area contributed by atoms with Crippen molar-refractivity contribution in [1.29, 1.82) is 0 Å². The summed E-state index contributed by atoms with van der Waals surface area (Å²) in [6.07, 6.45) is 0. The van der Waals surface area contributed by atoms with Crippen molar-refractivity contribution in [3.63, 3.8) is 0 Å². The fourth-order valence-corrected chi connectivity index (χ4v) is 8.66. The van der Waals surface area contributed by atoms with Crippen molar-refractivity contribution in [2.75, 3.05) is 0 Å². The number of fused-ring (bicyclic) bond motifs is 12. The average Bonchev–Trinajstić information content (AvgIpc) is 3.77. The Morgan fingerprint density at radius 1 is 0.388 bits per heavy atom. The number of furan rings is 2. The van der Waals surface area contributed by atoms with Gasteiger partial charge in [-0.2, -0.15) is 0 Å². The molecular formula is C47H30O2. The van der Waals surface area contributed by atoms with Crippen molar-refractivity contribution in [3.05, 3.63) is 157 Å². The molecule has 2 nitrogen and oxygen atoms in total. The number of para-hydroxylation sites is 1. The normalized spacial score (nSPS) is 13.7. The average molecular weight is 627 g/mol. The number of rotatable bonds is 2. The smallest absolute Gasteiger partial charge is 0.136 e. The van der Waals surface area contributed by atoms with Gasteiger partial charge in [0.2, 0.25) is 0 Å². The van der Waals surface area contributed by atoms with Gasteiger partial charge in [-0.3, -0.25) is 0 Å². The number of benzene rings is 8. The first-order valence-corrected chi connectivity index (χ1v) is 17.0. The minimum Gasteiger partial charge on any atom is -0.456 e. The fourth-order valence-electron chi connectivity index (χ4n) is 8.66. The predicted molar refractivity (Wildman–Crippen MR) is 204 cm³/mol. The molecule has 0 aliphatic heterocycles.